The Bertz CT molecular complexity index is 537. The van der Waals surface area contributed by atoms with E-state index in [2.05, 4.69) is 35.2 Å². The van der Waals surface area contributed by atoms with Gasteiger partial charge in [-0.3, -0.25) is 9.69 Å². The average molecular weight is 392 g/mol. The Hall–Kier alpha value is -1.43. The second-order valence-electron chi connectivity index (χ2n) is 7.54. The van der Waals surface area contributed by atoms with Gasteiger partial charge < -0.3 is 14.2 Å². The van der Waals surface area contributed by atoms with Crippen molar-refractivity contribution in [2.75, 3.05) is 26.9 Å². The van der Waals surface area contributed by atoms with Crippen LogP contribution in [0.3, 0.4) is 0 Å². The maximum Gasteiger partial charge on any atom is 0.305 e. The van der Waals surface area contributed by atoms with Gasteiger partial charge in [0.05, 0.1) is 13.7 Å². The molecule has 0 bridgehead atoms. The average Bonchev–Trinajstić information content (AvgIpc) is 2.73. The summed E-state index contributed by atoms with van der Waals surface area (Å²) in [5.41, 5.74) is 1.32. The zero-order chi connectivity index (χ0) is 20.2. The van der Waals surface area contributed by atoms with Crippen LogP contribution in [0.4, 0.5) is 0 Å². The standard InChI is InChI=1S/C23H37NO4/c1-4-27-23(28-5-2)18-24(17-20-9-7-6-8-10-20)21-14-11-19(12-15-21)13-16-22(25)26-3/h6-10,19,21,23H,4-5,11-18H2,1-3H3. The van der Waals surface area contributed by atoms with Crippen LogP contribution in [0, 0.1) is 5.92 Å². The van der Waals surface area contributed by atoms with Crippen molar-refractivity contribution in [3.63, 3.8) is 0 Å². The van der Waals surface area contributed by atoms with E-state index in [0.717, 1.165) is 32.4 Å². The fourth-order valence-corrected chi connectivity index (χ4v) is 4.10. The monoisotopic (exact) mass is 391 g/mol. The van der Waals surface area contributed by atoms with E-state index in [1.54, 1.807) is 0 Å². The fourth-order valence-electron chi connectivity index (χ4n) is 4.10. The first-order valence-electron chi connectivity index (χ1n) is 10.7. The SMILES string of the molecule is CCOC(CN(Cc1ccccc1)C1CCC(CCC(=O)OC)CC1)OCC. The van der Waals surface area contributed by atoms with Crippen molar-refractivity contribution in [3.8, 4) is 0 Å². The molecule has 1 saturated carbocycles. The summed E-state index contributed by atoms with van der Waals surface area (Å²) in [7, 11) is 1.47. The molecule has 1 aliphatic carbocycles. The molecule has 0 unspecified atom stereocenters. The molecule has 5 nitrogen and oxygen atoms in total. The van der Waals surface area contributed by atoms with Crippen molar-refractivity contribution in [2.45, 2.75) is 71.2 Å². The first kappa shape index (κ1) is 22.9. The molecule has 1 aliphatic rings. The van der Waals surface area contributed by atoms with Crippen molar-refractivity contribution < 1.29 is 19.0 Å². The summed E-state index contributed by atoms with van der Waals surface area (Å²) in [6, 6.07) is 11.2. The Labute approximate surface area is 170 Å². The van der Waals surface area contributed by atoms with E-state index in [0.29, 0.717) is 31.6 Å². The Morgan fingerprint density at radius 2 is 1.71 bits per heavy atom. The number of carbonyl (C=O) groups is 1. The highest BCUT2D eigenvalue weighted by Crippen LogP contribution is 2.31. The van der Waals surface area contributed by atoms with Gasteiger partial charge in [-0.15, -0.1) is 0 Å². The van der Waals surface area contributed by atoms with Gasteiger partial charge in [-0.25, -0.2) is 0 Å². The molecule has 0 spiro atoms. The van der Waals surface area contributed by atoms with Crippen molar-refractivity contribution in [2.24, 2.45) is 5.92 Å². The Kier molecular flexibility index (Phi) is 10.5. The number of benzene rings is 1. The van der Waals surface area contributed by atoms with Gasteiger partial charge >= 0.3 is 5.97 Å². The number of nitrogens with zero attached hydrogens (tertiary/aromatic N) is 1. The third-order valence-electron chi connectivity index (χ3n) is 5.63. The third-order valence-corrected chi connectivity index (χ3v) is 5.63. The number of hydrogen-bond donors (Lipinski definition) is 0. The predicted octanol–water partition coefficient (Wildman–Crippen LogP) is 4.40. The number of ether oxygens (including phenoxy) is 3. The van der Waals surface area contributed by atoms with Gasteiger partial charge in [0, 0.05) is 32.2 Å². The molecular formula is C23H37NO4. The van der Waals surface area contributed by atoms with Crippen LogP contribution in [-0.4, -0.2) is 50.1 Å². The zero-order valence-corrected chi connectivity index (χ0v) is 17.8. The molecule has 1 aromatic rings. The largest absolute Gasteiger partial charge is 0.469 e. The molecule has 0 heterocycles. The van der Waals surface area contributed by atoms with Crippen LogP contribution in [0.15, 0.2) is 30.3 Å². The summed E-state index contributed by atoms with van der Waals surface area (Å²) < 4.78 is 16.4. The minimum absolute atomic E-state index is 0.0934. The van der Waals surface area contributed by atoms with Crippen LogP contribution in [-0.2, 0) is 25.5 Å². The maximum absolute atomic E-state index is 11.4. The van der Waals surface area contributed by atoms with Gasteiger partial charge in [-0.1, -0.05) is 30.3 Å². The Morgan fingerprint density at radius 1 is 1.07 bits per heavy atom. The van der Waals surface area contributed by atoms with Crippen LogP contribution >= 0.6 is 0 Å². The lowest BCUT2D eigenvalue weighted by Crippen LogP contribution is -2.43. The molecule has 5 heteroatoms. The molecule has 28 heavy (non-hydrogen) atoms. The van der Waals surface area contributed by atoms with Crippen molar-refractivity contribution in [1.82, 2.24) is 4.90 Å². The number of hydrogen-bond acceptors (Lipinski definition) is 5. The molecule has 0 atom stereocenters. The summed E-state index contributed by atoms with van der Waals surface area (Å²) in [5.74, 6) is 0.535. The normalized spacial score (nSPS) is 19.9. The topological polar surface area (TPSA) is 48.0 Å². The summed E-state index contributed by atoms with van der Waals surface area (Å²) in [6.45, 7) is 7.04. The molecule has 0 aromatic heterocycles. The summed E-state index contributed by atoms with van der Waals surface area (Å²) in [6.07, 6.45) is 5.94. The van der Waals surface area contributed by atoms with E-state index in [1.807, 2.05) is 13.8 Å². The van der Waals surface area contributed by atoms with Crippen LogP contribution in [0.2, 0.25) is 0 Å². The molecule has 1 aromatic carbocycles. The summed E-state index contributed by atoms with van der Waals surface area (Å²) in [4.78, 5) is 13.9. The number of methoxy groups -OCH3 is 1. The van der Waals surface area contributed by atoms with E-state index in [-0.39, 0.29) is 12.3 Å². The van der Waals surface area contributed by atoms with E-state index in [1.165, 1.54) is 25.5 Å². The quantitative estimate of drug-likeness (QED) is 0.390. The lowest BCUT2D eigenvalue weighted by molar-refractivity contribution is -0.153. The molecule has 0 N–H and O–H groups in total. The highest BCUT2D eigenvalue weighted by atomic mass is 16.7. The van der Waals surface area contributed by atoms with Crippen LogP contribution < -0.4 is 0 Å². The first-order valence-corrected chi connectivity index (χ1v) is 10.7. The maximum atomic E-state index is 11.4. The van der Waals surface area contributed by atoms with E-state index >= 15 is 0 Å². The Balaban J connectivity index is 1.95. The smallest absolute Gasteiger partial charge is 0.305 e. The number of carbonyl (C=O) groups excluding carboxylic acids is 1. The highest BCUT2D eigenvalue weighted by molar-refractivity contribution is 5.69. The molecule has 0 aliphatic heterocycles. The summed E-state index contributed by atoms with van der Waals surface area (Å²) in [5, 5.41) is 0. The van der Waals surface area contributed by atoms with Gasteiger partial charge in [0.1, 0.15) is 0 Å². The van der Waals surface area contributed by atoms with Gasteiger partial charge in [-0.2, -0.15) is 0 Å². The van der Waals surface area contributed by atoms with E-state index < -0.39 is 0 Å². The van der Waals surface area contributed by atoms with Crippen LogP contribution in [0.1, 0.15) is 57.9 Å². The zero-order valence-electron chi connectivity index (χ0n) is 17.8. The molecule has 0 saturated heterocycles. The lowest BCUT2D eigenvalue weighted by atomic mass is 9.82. The predicted molar refractivity (Wildman–Crippen MR) is 111 cm³/mol. The van der Waals surface area contributed by atoms with Crippen LogP contribution in [0.25, 0.3) is 0 Å². The Morgan fingerprint density at radius 3 is 2.29 bits per heavy atom. The first-order chi connectivity index (χ1) is 13.7. The molecule has 1 fully saturated rings. The minimum Gasteiger partial charge on any atom is -0.469 e. The van der Waals surface area contributed by atoms with Gasteiger partial charge in [0.15, 0.2) is 6.29 Å². The highest BCUT2D eigenvalue weighted by Gasteiger charge is 2.28. The second kappa shape index (κ2) is 12.9. The number of rotatable bonds is 12. The van der Waals surface area contributed by atoms with Crippen molar-refractivity contribution in [1.29, 1.82) is 0 Å². The van der Waals surface area contributed by atoms with E-state index in [9.17, 15) is 4.79 Å². The molecular weight excluding hydrogens is 354 g/mol. The number of esters is 1. The second-order valence-corrected chi connectivity index (χ2v) is 7.54. The fraction of sp³-hybridized carbons (Fsp3) is 0.696. The minimum atomic E-state index is -0.184. The van der Waals surface area contributed by atoms with Crippen molar-refractivity contribution in [3.05, 3.63) is 35.9 Å². The summed E-state index contributed by atoms with van der Waals surface area (Å²) >= 11 is 0. The molecule has 0 amide bonds. The molecule has 158 valence electrons. The van der Waals surface area contributed by atoms with Crippen LogP contribution in [0.5, 0.6) is 0 Å². The van der Waals surface area contributed by atoms with Gasteiger partial charge in [0.2, 0.25) is 0 Å². The third kappa shape index (κ3) is 7.90. The molecule has 2 rings (SSSR count). The van der Waals surface area contributed by atoms with Gasteiger partial charge in [-0.05, 0) is 57.4 Å². The molecule has 0 radical (unpaired) electrons. The van der Waals surface area contributed by atoms with Crippen molar-refractivity contribution >= 4 is 5.97 Å². The lowest BCUT2D eigenvalue weighted by Gasteiger charge is -2.38. The van der Waals surface area contributed by atoms with E-state index in [4.69, 9.17) is 14.2 Å². The van der Waals surface area contributed by atoms with Gasteiger partial charge in [0.25, 0.3) is 0 Å².